The van der Waals surface area contributed by atoms with Crippen LogP contribution in [0, 0.1) is 0 Å². The molecule has 0 saturated carbocycles. The number of rotatable bonds is 4. The Morgan fingerprint density at radius 1 is 1.04 bits per heavy atom. The SMILES string of the molecule is Nc1cccc(CC(O)c2cc(=O)c(O)cn2-c2ccccc2)c1. The van der Waals surface area contributed by atoms with Crippen molar-refractivity contribution in [1.29, 1.82) is 0 Å². The number of nitrogen functional groups attached to an aromatic ring is 1. The van der Waals surface area contributed by atoms with Gasteiger partial charge in [0.05, 0.1) is 18.0 Å². The average molecular weight is 322 g/mol. The summed E-state index contributed by atoms with van der Waals surface area (Å²) in [5.41, 5.74) is 7.88. The normalized spacial score (nSPS) is 12.0. The summed E-state index contributed by atoms with van der Waals surface area (Å²) >= 11 is 0. The quantitative estimate of drug-likeness (QED) is 0.644. The smallest absolute Gasteiger partial charge is 0.223 e. The largest absolute Gasteiger partial charge is 0.503 e. The fourth-order valence-electron chi connectivity index (χ4n) is 2.66. The zero-order chi connectivity index (χ0) is 17.1. The molecule has 0 fully saturated rings. The molecule has 122 valence electrons. The number of anilines is 1. The molecule has 1 unspecified atom stereocenters. The van der Waals surface area contributed by atoms with Gasteiger partial charge in [-0.2, -0.15) is 0 Å². The third-order valence-corrected chi connectivity index (χ3v) is 3.82. The van der Waals surface area contributed by atoms with E-state index in [1.54, 1.807) is 16.7 Å². The topological polar surface area (TPSA) is 88.5 Å². The molecule has 2 aromatic carbocycles. The van der Waals surface area contributed by atoms with Crippen LogP contribution in [0.2, 0.25) is 0 Å². The van der Waals surface area contributed by atoms with E-state index in [1.165, 1.54) is 12.3 Å². The number of aliphatic hydroxyl groups is 1. The van der Waals surface area contributed by atoms with E-state index in [2.05, 4.69) is 0 Å². The number of pyridine rings is 1. The lowest BCUT2D eigenvalue weighted by atomic mass is 10.0. The van der Waals surface area contributed by atoms with Crippen molar-refractivity contribution in [3.05, 3.63) is 88.3 Å². The summed E-state index contributed by atoms with van der Waals surface area (Å²) in [5, 5.41) is 20.4. The van der Waals surface area contributed by atoms with Gasteiger partial charge in [-0.25, -0.2) is 0 Å². The standard InChI is InChI=1S/C19H18N2O3/c20-14-6-4-5-13(9-14)10-17(22)16-11-18(23)19(24)12-21(16)15-7-2-1-3-8-15/h1-9,11-12,17,22,24H,10,20H2. The molecule has 0 amide bonds. The first-order valence-corrected chi connectivity index (χ1v) is 7.58. The summed E-state index contributed by atoms with van der Waals surface area (Å²) in [6.07, 6.45) is 0.720. The molecular formula is C19H18N2O3. The van der Waals surface area contributed by atoms with Gasteiger partial charge in [0.25, 0.3) is 0 Å². The first-order chi connectivity index (χ1) is 11.5. The maximum absolute atomic E-state index is 11.8. The van der Waals surface area contributed by atoms with E-state index in [-0.39, 0.29) is 5.75 Å². The summed E-state index contributed by atoms with van der Waals surface area (Å²) in [6.45, 7) is 0. The molecule has 1 atom stereocenters. The first-order valence-electron chi connectivity index (χ1n) is 7.58. The van der Waals surface area contributed by atoms with Crippen molar-refractivity contribution >= 4 is 5.69 Å². The Balaban J connectivity index is 2.03. The zero-order valence-corrected chi connectivity index (χ0v) is 13.0. The minimum absolute atomic E-state index is 0.308. The van der Waals surface area contributed by atoms with Gasteiger partial charge >= 0.3 is 0 Å². The third-order valence-electron chi connectivity index (χ3n) is 3.82. The van der Waals surface area contributed by atoms with Crippen molar-refractivity contribution in [3.8, 4) is 11.4 Å². The monoisotopic (exact) mass is 322 g/mol. The number of aliphatic hydroxyl groups excluding tert-OH is 1. The molecule has 3 rings (SSSR count). The predicted molar refractivity (Wildman–Crippen MR) is 93.2 cm³/mol. The van der Waals surface area contributed by atoms with Crippen LogP contribution >= 0.6 is 0 Å². The van der Waals surface area contributed by atoms with E-state index in [1.807, 2.05) is 42.5 Å². The van der Waals surface area contributed by atoms with Gasteiger partial charge in [-0.1, -0.05) is 30.3 Å². The molecule has 5 nitrogen and oxygen atoms in total. The summed E-state index contributed by atoms with van der Waals surface area (Å²) in [7, 11) is 0. The molecule has 0 aliphatic carbocycles. The number of nitrogens with two attached hydrogens (primary N) is 1. The summed E-state index contributed by atoms with van der Waals surface area (Å²) in [4.78, 5) is 11.8. The summed E-state index contributed by atoms with van der Waals surface area (Å²) in [5.74, 6) is -0.362. The van der Waals surface area contributed by atoms with E-state index < -0.39 is 11.5 Å². The third kappa shape index (κ3) is 3.31. The number of benzene rings is 2. The van der Waals surface area contributed by atoms with Crippen molar-refractivity contribution in [2.75, 3.05) is 5.73 Å². The summed E-state index contributed by atoms with van der Waals surface area (Å²) in [6, 6.07) is 17.7. The van der Waals surface area contributed by atoms with Gasteiger partial charge in [-0.3, -0.25) is 4.79 Å². The van der Waals surface area contributed by atoms with Gasteiger partial charge in [0.1, 0.15) is 0 Å². The van der Waals surface area contributed by atoms with Gasteiger partial charge in [0.15, 0.2) is 5.75 Å². The number of aromatic hydroxyl groups is 1. The van der Waals surface area contributed by atoms with Gasteiger partial charge in [-0.05, 0) is 29.8 Å². The predicted octanol–water partition coefficient (Wildman–Crippen LogP) is 2.40. The zero-order valence-electron chi connectivity index (χ0n) is 13.0. The van der Waals surface area contributed by atoms with Crippen LogP contribution in [0.5, 0.6) is 5.75 Å². The van der Waals surface area contributed by atoms with Crippen LogP contribution < -0.4 is 11.2 Å². The highest BCUT2D eigenvalue weighted by molar-refractivity contribution is 5.42. The number of nitrogens with zero attached hydrogens (tertiary/aromatic N) is 1. The van der Waals surface area contributed by atoms with Crippen molar-refractivity contribution < 1.29 is 10.2 Å². The Kier molecular flexibility index (Phi) is 4.35. The highest BCUT2D eigenvalue weighted by Crippen LogP contribution is 2.23. The van der Waals surface area contributed by atoms with E-state index in [0.29, 0.717) is 17.8 Å². The van der Waals surface area contributed by atoms with E-state index in [0.717, 1.165) is 11.3 Å². The molecule has 5 heteroatoms. The number of aromatic nitrogens is 1. The molecule has 0 radical (unpaired) electrons. The lowest BCUT2D eigenvalue weighted by molar-refractivity contribution is 0.170. The van der Waals surface area contributed by atoms with Crippen LogP contribution in [0.25, 0.3) is 5.69 Å². The minimum Gasteiger partial charge on any atom is -0.503 e. The Hall–Kier alpha value is -3.05. The molecule has 1 aromatic heterocycles. The molecule has 0 spiro atoms. The molecule has 4 N–H and O–H groups in total. The lowest BCUT2D eigenvalue weighted by Gasteiger charge is -2.19. The Morgan fingerprint density at radius 3 is 2.50 bits per heavy atom. The van der Waals surface area contributed by atoms with Gasteiger partial charge in [-0.15, -0.1) is 0 Å². The van der Waals surface area contributed by atoms with E-state index in [4.69, 9.17) is 5.73 Å². The summed E-state index contributed by atoms with van der Waals surface area (Å²) < 4.78 is 1.62. The molecular weight excluding hydrogens is 304 g/mol. The molecule has 0 aliphatic heterocycles. The van der Waals surface area contributed by atoms with Crippen LogP contribution in [0.4, 0.5) is 5.69 Å². The molecule has 3 aromatic rings. The van der Waals surface area contributed by atoms with Crippen molar-refractivity contribution in [3.63, 3.8) is 0 Å². The highest BCUT2D eigenvalue weighted by Gasteiger charge is 2.16. The molecule has 0 aliphatic rings. The lowest BCUT2D eigenvalue weighted by Crippen LogP contribution is -2.16. The van der Waals surface area contributed by atoms with Crippen molar-refractivity contribution in [2.45, 2.75) is 12.5 Å². The fraction of sp³-hybridized carbons (Fsp3) is 0.105. The maximum atomic E-state index is 11.8. The van der Waals surface area contributed by atoms with Crippen LogP contribution in [-0.2, 0) is 6.42 Å². The van der Waals surface area contributed by atoms with Crippen LogP contribution in [0.1, 0.15) is 17.4 Å². The molecule has 0 saturated heterocycles. The van der Waals surface area contributed by atoms with Crippen LogP contribution in [-0.4, -0.2) is 14.8 Å². The Labute approximate surface area is 139 Å². The fourth-order valence-corrected chi connectivity index (χ4v) is 2.66. The second-order valence-electron chi connectivity index (χ2n) is 5.62. The number of para-hydroxylation sites is 1. The average Bonchev–Trinajstić information content (AvgIpc) is 2.57. The Bertz CT molecular complexity index is 904. The number of hydrogen-bond donors (Lipinski definition) is 3. The van der Waals surface area contributed by atoms with Crippen LogP contribution in [0.3, 0.4) is 0 Å². The first kappa shape index (κ1) is 15.8. The minimum atomic E-state index is -0.916. The van der Waals surface area contributed by atoms with Gasteiger partial charge < -0.3 is 20.5 Å². The molecule has 24 heavy (non-hydrogen) atoms. The van der Waals surface area contributed by atoms with Crippen LogP contribution in [0.15, 0.2) is 71.7 Å². The highest BCUT2D eigenvalue weighted by atomic mass is 16.3. The van der Waals surface area contributed by atoms with E-state index in [9.17, 15) is 15.0 Å². The molecule has 1 heterocycles. The Morgan fingerprint density at radius 2 is 1.79 bits per heavy atom. The van der Waals surface area contributed by atoms with Gasteiger partial charge in [0, 0.05) is 23.9 Å². The maximum Gasteiger partial charge on any atom is 0.223 e. The van der Waals surface area contributed by atoms with E-state index >= 15 is 0 Å². The number of hydrogen-bond acceptors (Lipinski definition) is 4. The second kappa shape index (κ2) is 6.60. The van der Waals surface area contributed by atoms with Crippen molar-refractivity contribution in [1.82, 2.24) is 4.57 Å². The van der Waals surface area contributed by atoms with Crippen molar-refractivity contribution in [2.24, 2.45) is 0 Å². The molecule has 0 bridgehead atoms. The second-order valence-corrected chi connectivity index (χ2v) is 5.62. The van der Waals surface area contributed by atoms with Gasteiger partial charge in [0.2, 0.25) is 5.43 Å².